The summed E-state index contributed by atoms with van der Waals surface area (Å²) in [7, 11) is -1.50. The molecule has 2 heterocycles. The van der Waals surface area contributed by atoms with Crippen LogP contribution in [0.5, 0.6) is 0 Å². The molecule has 2 aromatic rings. The molecule has 1 aromatic carbocycles. The van der Waals surface area contributed by atoms with Gasteiger partial charge in [-0.2, -0.15) is 8.42 Å². The molecule has 9 heteroatoms. The van der Waals surface area contributed by atoms with E-state index in [1.807, 2.05) is 20.8 Å². The summed E-state index contributed by atoms with van der Waals surface area (Å²) in [6.07, 6.45) is 2.67. The number of nitrogens with zero attached hydrogens (tertiary/aromatic N) is 1. The van der Waals surface area contributed by atoms with Gasteiger partial charge in [-0.25, -0.2) is 0 Å². The number of fused-ring (bicyclic) bond motifs is 2. The number of aromatic amines is 1. The Morgan fingerprint density at radius 3 is 2.57 bits per heavy atom. The molecule has 1 fully saturated rings. The van der Waals surface area contributed by atoms with Crippen molar-refractivity contribution in [3.63, 3.8) is 0 Å². The lowest BCUT2D eigenvalue weighted by Gasteiger charge is -2.46. The number of benzene rings is 1. The number of rotatable bonds is 1. The first kappa shape index (κ1) is 23.1. The molecule has 166 valence electrons. The van der Waals surface area contributed by atoms with Gasteiger partial charge in [0.05, 0.1) is 6.26 Å². The minimum Gasteiger partial charge on any atom is -0.352 e. The summed E-state index contributed by atoms with van der Waals surface area (Å²) in [5, 5.41) is 5.34. The second-order valence-electron chi connectivity index (χ2n) is 9.39. The molecule has 0 spiro atoms. The summed E-state index contributed by atoms with van der Waals surface area (Å²) in [6.45, 7) is 6.78. The largest absolute Gasteiger partial charge is 0.352 e. The van der Waals surface area contributed by atoms with Gasteiger partial charge in [0.15, 0.2) is 0 Å². The highest BCUT2D eigenvalue weighted by molar-refractivity contribution is 7.85. The third-order valence-electron chi connectivity index (χ3n) is 5.81. The van der Waals surface area contributed by atoms with Gasteiger partial charge < -0.3 is 15.2 Å². The highest BCUT2D eigenvalue weighted by atomic mass is 35.5. The van der Waals surface area contributed by atoms with E-state index >= 15 is 0 Å². The van der Waals surface area contributed by atoms with Gasteiger partial charge in [0.1, 0.15) is 5.15 Å². The third kappa shape index (κ3) is 4.99. The molecule has 0 unspecified atom stereocenters. The minimum absolute atomic E-state index is 0.128. The Morgan fingerprint density at radius 1 is 1.33 bits per heavy atom. The van der Waals surface area contributed by atoms with Crippen LogP contribution in [-0.2, 0) is 21.3 Å². The maximum absolute atomic E-state index is 12.4. The number of likely N-dealkylation sites (N-methyl/N-ethyl adjacent to an activating group) is 1. The summed E-state index contributed by atoms with van der Waals surface area (Å²) in [5.74, 6) is 0.552. The first-order valence-electron chi connectivity index (χ1n) is 9.98. The van der Waals surface area contributed by atoms with Crippen molar-refractivity contribution >= 4 is 38.5 Å². The zero-order valence-electron chi connectivity index (χ0n) is 18.0. The predicted molar refractivity (Wildman–Crippen MR) is 120 cm³/mol. The highest BCUT2D eigenvalue weighted by Crippen LogP contribution is 2.45. The van der Waals surface area contributed by atoms with Crippen molar-refractivity contribution in [2.24, 2.45) is 5.41 Å². The Balaban J connectivity index is 0.000000461. The summed E-state index contributed by atoms with van der Waals surface area (Å²) in [5.41, 5.74) is 3.38. The number of carbonyl (C=O) groups is 1. The number of hydrogen-bond donors (Lipinski definition) is 3. The maximum atomic E-state index is 12.4. The lowest BCUT2D eigenvalue weighted by molar-refractivity contribution is -0.129. The van der Waals surface area contributed by atoms with Gasteiger partial charge in [0.25, 0.3) is 10.1 Å². The van der Waals surface area contributed by atoms with Crippen LogP contribution in [0.3, 0.4) is 0 Å². The van der Waals surface area contributed by atoms with Gasteiger partial charge in [-0.3, -0.25) is 9.35 Å². The van der Waals surface area contributed by atoms with Crippen LogP contribution in [-0.4, -0.2) is 60.7 Å². The normalized spacial score (nSPS) is 24.0. The third-order valence-corrected chi connectivity index (χ3v) is 6.14. The van der Waals surface area contributed by atoms with Crippen molar-refractivity contribution in [1.29, 1.82) is 0 Å². The van der Waals surface area contributed by atoms with E-state index in [0.29, 0.717) is 18.2 Å². The number of piperidine rings is 1. The van der Waals surface area contributed by atoms with Crippen molar-refractivity contribution in [3.05, 3.63) is 34.5 Å². The molecule has 0 saturated carbocycles. The van der Waals surface area contributed by atoms with Crippen molar-refractivity contribution in [2.75, 3.05) is 19.8 Å². The van der Waals surface area contributed by atoms with Crippen LogP contribution in [0.4, 0.5) is 0 Å². The molecule has 0 radical (unpaired) electrons. The SMILES string of the molecule is CN1C[C@@H](NC(=O)C(C)(C)C)C[C@@H]2c3cccc4[nH]c(Cl)c(c34)C[C@H]21.CS(=O)(=O)O. The number of likely N-dealkylation sites (tertiary alicyclic amines) is 1. The molecule has 1 amide bonds. The van der Waals surface area contributed by atoms with Gasteiger partial charge in [-0.15, -0.1) is 0 Å². The first-order valence-corrected chi connectivity index (χ1v) is 12.2. The highest BCUT2D eigenvalue weighted by Gasteiger charge is 2.41. The predicted octanol–water partition coefficient (Wildman–Crippen LogP) is 3.20. The quantitative estimate of drug-likeness (QED) is 0.573. The van der Waals surface area contributed by atoms with Crippen LogP contribution in [0.1, 0.15) is 44.2 Å². The number of amides is 1. The molecule has 7 nitrogen and oxygen atoms in total. The van der Waals surface area contributed by atoms with Crippen molar-refractivity contribution in [3.8, 4) is 0 Å². The molecule has 1 aliphatic heterocycles. The van der Waals surface area contributed by atoms with Crippen LogP contribution in [0.25, 0.3) is 10.9 Å². The van der Waals surface area contributed by atoms with Gasteiger partial charge in [0.2, 0.25) is 5.91 Å². The van der Waals surface area contributed by atoms with E-state index in [4.69, 9.17) is 16.2 Å². The minimum atomic E-state index is -3.67. The lowest BCUT2D eigenvalue weighted by Crippen LogP contribution is -2.56. The maximum Gasteiger partial charge on any atom is 0.261 e. The second-order valence-corrected chi connectivity index (χ2v) is 11.2. The molecule has 2 aliphatic rings. The monoisotopic (exact) mass is 455 g/mol. The molecule has 4 rings (SSSR count). The van der Waals surface area contributed by atoms with E-state index in [9.17, 15) is 13.2 Å². The van der Waals surface area contributed by atoms with Gasteiger partial charge >= 0.3 is 0 Å². The Hall–Kier alpha value is -1.61. The van der Waals surface area contributed by atoms with E-state index in [1.165, 1.54) is 16.5 Å². The smallest absolute Gasteiger partial charge is 0.261 e. The summed E-state index contributed by atoms with van der Waals surface area (Å²) in [4.78, 5) is 18.2. The average molecular weight is 456 g/mol. The van der Waals surface area contributed by atoms with Crippen LogP contribution < -0.4 is 5.32 Å². The van der Waals surface area contributed by atoms with E-state index < -0.39 is 10.1 Å². The molecule has 3 atom stereocenters. The zero-order chi connectivity index (χ0) is 22.4. The van der Waals surface area contributed by atoms with E-state index in [2.05, 4.69) is 40.4 Å². The molecule has 1 aliphatic carbocycles. The lowest BCUT2D eigenvalue weighted by atomic mass is 9.74. The Labute approximate surface area is 182 Å². The topological polar surface area (TPSA) is 103 Å². The van der Waals surface area contributed by atoms with Gasteiger partial charge in [0, 0.05) is 40.9 Å². The number of halogens is 1. The Bertz CT molecular complexity index is 1050. The molecule has 1 aromatic heterocycles. The average Bonchev–Trinajstić information content (AvgIpc) is 2.91. The number of nitrogens with one attached hydrogen (secondary N) is 2. The molecule has 3 N–H and O–H groups in total. The fourth-order valence-electron chi connectivity index (χ4n) is 4.49. The van der Waals surface area contributed by atoms with Crippen molar-refractivity contribution in [1.82, 2.24) is 15.2 Å². The number of aromatic nitrogens is 1. The van der Waals surface area contributed by atoms with E-state index in [1.54, 1.807) is 0 Å². The molecule has 0 bridgehead atoms. The first-order chi connectivity index (χ1) is 13.8. The van der Waals surface area contributed by atoms with E-state index in [-0.39, 0.29) is 17.4 Å². The van der Waals surface area contributed by atoms with Crippen LogP contribution >= 0.6 is 11.6 Å². The van der Waals surface area contributed by atoms with Gasteiger partial charge in [-0.05, 0) is 37.1 Å². The fourth-order valence-corrected chi connectivity index (χ4v) is 4.76. The van der Waals surface area contributed by atoms with Crippen LogP contribution in [0.2, 0.25) is 5.15 Å². The summed E-state index contributed by atoms with van der Waals surface area (Å²) >= 11 is 6.47. The second kappa shape index (κ2) is 8.15. The summed E-state index contributed by atoms with van der Waals surface area (Å²) in [6, 6.07) is 7.06. The Morgan fingerprint density at radius 2 is 1.97 bits per heavy atom. The fraction of sp³-hybridized carbons (Fsp3) is 0.571. The molecular formula is C21H30ClN3O4S. The van der Waals surface area contributed by atoms with Gasteiger partial charge in [-0.1, -0.05) is 44.5 Å². The molecular weight excluding hydrogens is 426 g/mol. The van der Waals surface area contributed by atoms with Crippen LogP contribution in [0, 0.1) is 5.41 Å². The van der Waals surface area contributed by atoms with Crippen LogP contribution in [0.15, 0.2) is 18.2 Å². The number of H-pyrrole nitrogens is 1. The standard InChI is InChI=1S/C20H26ClN3O.CH4O3S/c1-20(2,3)19(25)22-11-8-13-12-6-5-7-15-17(12)14(18(21)23-15)9-16(13)24(4)10-11;1-5(2,3)4/h5-7,11,13,16,23H,8-10H2,1-4H3,(H,22,25);1H3,(H,2,3,4)/t11-,13+,16+;/m0./s1. The van der Waals surface area contributed by atoms with Crippen molar-refractivity contribution in [2.45, 2.75) is 51.6 Å². The number of hydrogen-bond acceptors (Lipinski definition) is 4. The summed E-state index contributed by atoms with van der Waals surface area (Å²) < 4.78 is 25.9. The number of carbonyl (C=O) groups excluding carboxylic acids is 1. The van der Waals surface area contributed by atoms with E-state index in [0.717, 1.165) is 30.1 Å². The molecule has 30 heavy (non-hydrogen) atoms. The zero-order valence-corrected chi connectivity index (χ0v) is 19.6. The molecule has 1 saturated heterocycles. The Kier molecular flexibility index (Phi) is 6.26. The van der Waals surface area contributed by atoms with Crippen molar-refractivity contribution < 1.29 is 17.8 Å².